The summed E-state index contributed by atoms with van der Waals surface area (Å²) in [7, 11) is 0. The first kappa shape index (κ1) is 30.3. The molecule has 1 amide bonds. The normalized spacial score (nSPS) is 19.9. The molecule has 0 radical (unpaired) electrons. The molecule has 2 bridgehead atoms. The van der Waals surface area contributed by atoms with E-state index in [1.165, 1.54) is 30.5 Å². The lowest BCUT2D eigenvalue weighted by Crippen LogP contribution is -2.54. The van der Waals surface area contributed by atoms with Crippen molar-refractivity contribution in [1.82, 2.24) is 24.4 Å². The fourth-order valence-corrected chi connectivity index (χ4v) is 6.02. The summed E-state index contributed by atoms with van der Waals surface area (Å²) >= 11 is 0. The summed E-state index contributed by atoms with van der Waals surface area (Å²) in [6, 6.07) is 6.20. The van der Waals surface area contributed by atoms with Crippen LogP contribution in [0, 0.1) is 11.6 Å². The maximum Gasteiger partial charge on any atom is 0.355 e. The van der Waals surface area contributed by atoms with E-state index < -0.39 is 41.8 Å². The molecule has 4 aromatic rings. The van der Waals surface area contributed by atoms with Gasteiger partial charge in [-0.2, -0.15) is 4.98 Å². The number of aromatic nitrogens is 4. The molecular weight excluding hydrogens is 586 g/mol. The van der Waals surface area contributed by atoms with Crippen LogP contribution in [0.3, 0.4) is 0 Å². The zero-order valence-corrected chi connectivity index (χ0v) is 24.9. The average Bonchev–Trinajstić information content (AvgIpc) is 3.02. The molecule has 3 atom stereocenters. The molecule has 0 aliphatic carbocycles. The van der Waals surface area contributed by atoms with Crippen molar-refractivity contribution in [1.29, 1.82) is 0 Å². The smallest absolute Gasteiger partial charge is 0.355 e. The van der Waals surface area contributed by atoms with Gasteiger partial charge in [0.1, 0.15) is 41.9 Å². The summed E-state index contributed by atoms with van der Waals surface area (Å²) in [6.45, 7) is 9.50. The van der Waals surface area contributed by atoms with Crippen molar-refractivity contribution in [2.45, 2.75) is 44.9 Å². The minimum Gasteiger partial charge on any atom is -0.490 e. The Morgan fingerprint density at radius 1 is 1.16 bits per heavy atom. The Bertz CT molecular complexity index is 1900. The molecule has 3 aromatic heterocycles. The van der Waals surface area contributed by atoms with Gasteiger partial charge in [-0.25, -0.2) is 23.1 Å². The van der Waals surface area contributed by atoms with E-state index in [9.17, 15) is 19.8 Å². The number of amides is 1. The van der Waals surface area contributed by atoms with Crippen molar-refractivity contribution < 1.29 is 28.5 Å². The molecule has 2 unspecified atom stereocenters. The van der Waals surface area contributed by atoms with Crippen LogP contribution >= 0.6 is 0 Å². The first-order valence-electron chi connectivity index (χ1n) is 14.6. The minimum absolute atomic E-state index is 0.0641. The lowest BCUT2D eigenvalue weighted by atomic mass is 9.97. The molecule has 0 spiro atoms. The second-order valence-corrected chi connectivity index (χ2v) is 11.5. The first-order chi connectivity index (χ1) is 21.5. The molecule has 11 nitrogen and oxygen atoms in total. The van der Waals surface area contributed by atoms with Crippen LogP contribution in [0.25, 0.3) is 28.0 Å². The molecule has 6 rings (SSSR count). The van der Waals surface area contributed by atoms with Gasteiger partial charge < -0.3 is 24.7 Å². The van der Waals surface area contributed by atoms with Crippen LogP contribution in [0.2, 0.25) is 0 Å². The van der Waals surface area contributed by atoms with Crippen LogP contribution in [0.1, 0.15) is 44.1 Å². The fourth-order valence-electron chi connectivity index (χ4n) is 6.02. The summed E-state index contributed by atoms with van der Waals surface area (Å²) < 4.78 is 38.4. The molecule has 234 valence electrons. The second kappa shape index (κ2) is 11.6. The van der Waals surface area contributed by atoms with Gasteiger partial charge in [0.15, 0.2) is 11.5 Å². The lowest BCUT2D eigenvalue weighted by molar-refractivity contribution is -0.126. The minimum atomic E-state index is -1.56. The molecule has 2 aliphatic rings. The van der Waals surface area contributed by atoms with E-state index in [0.717, 1.165) is 16.7 Å². The summed E-state index contributed by atoms with van der Waals surface area (Å²) in [5.41, 5.74) is -0.925. The third-order valence-corrected chi connectivity index (χ3v) is 8.25. The number of pyridine rings is 2. The highest BCUT2D eigenvalue weighted by Crippen LogP contribution is 2.39. The molecule has 45 heavy (non-hydrogen) atoms. The van der Waals surface area contributed by atoms with Gasteiger partial charge in [0.25, 0.3) is 0 Å². The number of hydrogen-bond donors (Lipinski definition) is 2. The van der Waals surface area contributed by atoms with Gasteiger partial charge in [0, 0.05) is 37.4 Å². The Balaban J connectivity index is 1.71. The van der Waals surface area contributed by atoms with Crippen molar-refractivity contribution in [3.05, 3.63) is 82.6 Å². The number of hydrogen-bond acceptors (Lipinski definition) is 9. The van der Waals surface area contributed by atoms with E-state index >= 15 is 8.78 Å². The lowest BCUT2D eigenvalue weighted by Gasteiger charge is -2.40. The molecule has 13 heteroatoms. The monoisotopic (exact) mass is 618 g/mol. The standard InChI is InChI=1S/C32H32F2N6O5/c1-5-24(42)38-11-12-39(17(4)14-38)30-19-13-21(34)27-25-20(33)7-6-8-23(25)45-15-22(41)29(43)18-9-10-35-26(16(2)3)28(18)40(31(19)36-27)32(44)37-30/h5-10,13,16-17,22,29,41,43H,1,11-12,14-15H2,2-4H3/t17-,22?,29?/m0/s1. The fraction of sp³-hybridized carbons (Fsp3) is 0.344. The third-order valence-electron chi connectivity index (χ3n) is 8.25. The number of aliphatic hydroxyl groups is 2. The highest BCUT2D eigenvalue weighted by molar-refractivity contribution is 5.91. The Hall–Kier alpha value is -4.75. The Kier molecular flexibility index (Phi) is 7.83. The summed E-state index contributed by atoms with van der Waals surface area (Å²) in [4.78, 5) is 43.4. The van der Waals surface area contributed by atoms with Crippen LogP contribution in [-0.2, 0) is 4.79 Å². The number of anilines is 1. The van der Waals surface area contributed by atoms with Crippen molar-refractivity contribution in [3.8, 4) is 22.7 Å². The van der Waals surface area contributed by atoms with E-state index in [2.05, 4.69) is 21.5 Å². The van der Waals surface area contributed by atoms with Gasteiger partial charge in [-0.1, -0.05) is 26.5 Å². The third kappa shape index (κ3) is 5.11. The summed E-state index contributed by atoms with van der Waals surface area (Å²) in [5, 5.41) is 22.5. The number of fused-ring (bicyclic) bond motifs is 5. The van der Waals surface area contributed by atoms with E-state index in [4.69, 9.17) is 4.74 Å². The zero-order chi connectivity index (χ0) is 32.2. The highest BCUT2D eigenvalue weighted by Gasteiger charge is 2.33. The van der Waals surface area contributed by atoms with Crippen molar-refractivity contribution in [2.24, 2.45) is 0 Å². The number of halogens is 2. The molecule has 0 saturated carbocycles. The summed E-state index contributed by atoms with van der Waals surface area (Å²) in [5.74, 6) is -2.21. The first-order valence-corrected chi connectivity index (χ1v) is 14.6. The molecule has 1 saturated heterocycles. The van der Waals surface area contributed by atoms with Gasteiger partial charge in [-0.3, -0.25) is 9.78 Å². The van der Waals surface area contributed by atoms with Crippen molar-refractivity contribution >= 4 is 22.8 Å². The SMILES string of the molecule is C=CC(=O)N1CCN(c2nc(=O)n3c4nc(c(F)cc24)-c2c(F)cccc2OCC(O)C(O)c2ccnc(C(C)C)c2-3)[C@@H](C)C1. The van der Waals surface area contributed by atoms with Crippen molar-refractivity contribution in [2.75, 3.05) is 31.1 Å². The summed E-state index contributed by atoms with van der Waals surface area (Å²) in [6.07, 6.45) is -0.391. The predicted octanol–water partition coefficient (Wildman–Crippen LogP) is 3.25. The topological polar surface area (TPSA) is 134 Å². The Morgan fingerprint density at radius 3 is 2.64 bits per heavy atom. The van der Waals surface area contributed by atoms with E-state index in [1.807, 2.05) is 20.8 Å². The number of benzene rings is 1. The van der Waals surface area contributed by atoms with E-state index in [0.29, 0.717) is 18.8 Å². The van der Waals surface area contributed by atoms with Crippen LogP contribution in [0.4, 0.5) is 14.6 Å². The maximum atomic E-state index is 16.2. The van der Waals surface area contributed by atoms with Gasteiger partial charge in [0.05, 0.1) is 22.3 Å². The second-order valence-electron chi connectivity index (χ2n) is 11.5. The Morgan fingerprint density at radius 2 is 1.93 bits per heavy atom. The average molecular weight is 619 g/mol. The van der Waals surface area contributed by atoms with Crippen LogP contribution in [0.15, 0.2) is 54.0 Å². The zero-order valence-electron chi connectivity index (χ0n) is 24.9. The molecule has 1 aromatic carbocycles. The largest absolute Gasteiger partial charge is 0.490 e. The van der Waals surface area contributed by atoms with Crippen LogP contribution < -0.4 is 15.3 Å². The Labute approximate surface area is 257 Å². The molecule has 1 fully saturated rings. The molecule has 2 N–H and O–H groups in total. The van der Waals surface area contributed by atoms with Gasteiger partial charge in [-0.15, -0.1) is 0 Å². The van der Waals surface area contributed by atoms with Gasteiger partial charge in [0.2, 0.25) is 5.91 Å². The highest BCUT2D eigenvalue weighted by atomic mass is 19.1. The van der Waals surface area contributed by atoms with Crippen LogP contribution in [0.5, 0.6) is 5.75 Å². The van der Waals surface area contributed by atoms with Crippen molar-refractivity contribution in [3.63, 3.8) is 0 Å². The number of nitrogens with zero attached hydrogens (tertiary/aromatic N) is 6. The number of carbonyl (C=O) groups excluding carboxylic acids is 1. The van der Waals surface area contributed by atoms with Gasteiger partial charge in [-0.05, 0) is 43.2 Å². The number of aliphatic hydroxyl groups excluding tert-OH is 2. The molecule has 2 aliphatic heterocycles. The van der Waals surface area contributed by atoms with Gasteiger partial charge >= 0.3 is 5.69 Å². The molecular formula is C32H32F2N6O5. The van der Waals surface area contributed by atoms with Crippen LogP contribution in [-0.4, -0.2) is 78.9 Å². The number of ether oxygens (including phenoxy) is 1. The van der Waals surface area contributed by atoms with E-state index in [-0.39, 0.29) is 63.8 Å². The quantitative estimate of drug-likeness (QED) is 0.332. The maximum absolute atomic E-state index is 16.2. The number of rotatable bonds is 3. The number of piperazine rings is 1. The van der Waals surface area contributed by atoms with E-state index in [1.54, 1.807) is 9.80 Å². The predicted molar refractivity (Wildman–Crippen MR) is 162 cm³/mol. The number of carbonyl (C=O) groups is 1. The molecule has 5 heterocycles.